The number of fused-ring (bicyclic) bond motifs is 1. The van der Waals surface area contributed by atoms with Crippen LogP contribution in [0.15, 0.2) is 0 Å². The fourth-order valence-corrected chi connectivity index (χ4v) is 11.6. The van der Waals surface area contributed by atoms with E-state index in [9.17, 15) is 101 Å². The van der Waals surface area contributed by atoms with E-state index >= 15 is 0 Å². The Morgan fingerprint density at radius 2 is 0.896 bits per heavy atom. The minimum Gasteiger partial charge on any atom is -0.756 e. The van der Waals surface area contributed by atoms with Crippen molar-refractivity contribution >= 4 is 15.6 Å². The highest BCUT2D eigenvalue weighted by Crippen LogP contribution is 2.54. The van der Waals surface area contributed by atoms with Crippen LogP contribution in [0.1, 0.15) is 13.8 Å². The first-order valence-electron chi connectivity index (χ1n) is 24.3. The highest BCUT2D eigenvalue weighted by atomic mass is 31.2. The summed E-state index contributed by atoms with van der Waals surface area (Å²) in [6, 6.07) is 0. The number of phosphoric acid groups is 2. The van der Waals surface area contributed by atoms with Crippen molar-refractivity contribution < 1.29 is 166 Å². The van der Waals surface area contributed by atoms with E-state index in [1.807, 2.05) is 0 Å². The van der Waals surface area contributed by atoms with E-state index in [4.69, 9.17) is 66.7 Å². The molecule has 6 heterocycles. The van der Waals surface area contributed by atoms with Gasteiger partial charge in [-0.25, -0.2) is 0 Å². The van der Waals surface area contributed by atoms with Crippen LogP contribution < -0.4 is 9.79 Å². The third kappa shape index (κ3) is 13.7. The van der Waals surface area contributed by atoms with Crippen LogP contribution in [0.2, 0.25) is 0 Å². The highest BCUT2D eigenvalue weighted by Gasteiger charge is 2.59. The average molecular weight is 1170 g/mol. The molecule has 6 aliphatic heterocycles. The zero-order valence-corrected chi connectivity index (χ0v) is 42.5. The molecule has 0 radical (unpaired) electrons. The number of nitrogens with one attached hydrogen (secondary N) is 1. The molecular formula is C40H68NO34P2-3. The van der Waals surface area contributed by atoms with Gasteiger partial charge in [0.2, 0.25) is 0 Å². The first-order chi connectivity index (χ1) is 36.2. The minimum absolute atomic E-state index is 0.511. The SMILES string of the molecule is CC1[C@@H](OC2C(O)[C@H](C)C(O)[C@@H]3OP(=O)([O-])O[C@@H]23)OC(CO)[C@@H](O[C@H]2OC(CO[C@H]3OC(CO)[C@@H](O)[C@H](O)C3O[C@H]3OC(COP(=O)([O-])OCC[NH-])[C@@H](O)[C@H](O)C3O[C@H]3OC(CO)[C@@H](O)[C@H](O)C3O)[C@@H](O)[C@H](O)C2O)[C@@H]1O. The quantitative estimate of drug-likeness (QED) is 0.0503. The molecule has 35 nitrogen and oxygen atoms in total. The average Bonchev–Trinajstić information content (AvgIpc) is 3.74. The van der Waals surface area contributed by atoms with Crippen LogP contribution in [0.5, 0.6) is 0 Å². The van der Waals surface area contributed by atoms with Crippen molar-refractivity contribution in [3.05, 3.63) is 5.73 Å². The maximum absolute atomic E-state index is 12.4. The molecule has 7 rings (SSSR count). The van der Waals surface area contributed by atoms with Crippen LogP contribution in [0.4, 0.5) is 0 Å². The van der Waals surface area contributed by atoms with Crippen molar-refractivity contribution in [3.8, 4) is 0 Å². The molecule has 17 N–H and O–H groups in total. The molecule has 0 aromatic heterocycles. The molecule has 0 amide bonds. The number of rotatable bonds is 20. The molecule has 7 aliphatic rings. The van der Waals surface area contributed by atoms with Gasteiger partial charge >= 0.3 is 0 Å². The first-order valence-corrected chi connectivity index (χ1v) is 27.2. The Bertz CT molecular complexity index is 1970. The lowest BCUT2D eigenvalue weighted by molar-refractivity contribution is -0.396. The van der Waals surface area contributed by atoms with E-state index in [1.165, 1.54) is 13.8 Å². The summed E-state index contributed by atoms with van der Waals surface area (Å²) in [6.45, 7) is -3.40. The number of phosphoric ester groups is 2. The van der Waals surface area contributed by atoms with Crippen molar-refractivity contribution in [2.24, 2.45) is 11.8 Å². The molecule has 0 aromatic rings. The standard InChI is InChI=1S/C40H70NO34P2/c1-10-17(45)31(35-32(18(10)46)74-77(60,61)75-35)71-36-11(2)19(47)30(14(7-44)67-36)70-38-29(57)25(53)22(50)15(68-38)8-62-39-33(26(54)21(49)13(6-43)66-39)73-40-34(72-37-28(56)24(52)20(48)12(5-42)65-37)27(55)23(51)16(69-40)9-64-76(58,59)63-4-3-41/h10-57H,3-9H2,1-2H3,(H,58,59)(H,60,61)/q-1/p-2/t10-,11?,12?,13?,14?,15?,16?,17?,18?,19+,20+,21+,22+,23+,24-,25-,26-,27-,28?,29?,30+,31?,32-,33?,34?,35-,36+,37+,38+,39-,40+/m0/s1. The lowest BCUT2D eigenvalue weighted by Gasteiger charge is -2.49. The van der Waals surface area contributed by atoms with Crippen molar-refractivity contribution in [2.75, 3.05) is 46.2 Å². The second-order valence-corrected chi connectivity index (χ2v) is 22.2. The molecule has 6 saturated heterocycles. The summed E-state index contributed by atoms with van der Waals surface area (Å²) >= 11 is 0. The molecule has 37 heteroatoms. The molecule has 0 spiro atoms. The maximum atomic E-state index is 12.4. The molecule has 77 heavy (non-hydrogen) atoms. The molecule has 15 unspecified atom stereocenters. The van der Waals surface area contributed by atoms with E-state index in [1.54, 1.807) is 0 Å². The van der Waals surface area contributed by atoms with Crippen LogP contribution in [0.3, 0.4) is 0 Å². The number of hydrogen-bond donors (Lipinski definition) is 16. The lowest BCUT2D eigenvalue weighted by atomic mass is 9.79. The van der Waals surface area contributed by atoms with Gasteiger partial charge in [-0.15, -0.1) is 6.54 Å². The van der Waals surface area contributed by atoms with Crippen molar-refractivity contribution in [3.63, 3.8) is 0 Å². The van der Waals surface area contributed by atoms with Crippen molar-refractivity contribution in [2.45, 2.75) is 192 Å². The predicted molar refractivity (Wildman–Crippen MR) is 232 cm³/mol. The predicted octanol–water partition coefficient (Wildman–Crippen LogP) is -11.1. The van der Waals surface area contributed by atoms with Gasteiger partial charge in [-0.1, -0.05) is 13.8 Å². The van der Waals surface area contributed by atoms with Gasteiger partial charge in [-0.05, 0) is 0 Å². The molecule has 0 bridgehead atoms. The van der Waals surface area contributed by atoms with Crippen LogP contribution in [-0.4, -0.2) is 306 Å². The van der Waals surface area contributed by atoms with Crippen LogP contribution in [0, 0.1) is 11.8 Å². The Hall–Kier alpha value is -0.860. The van der Waals surface area contributed by atoms with Gasteiger partial charge in [0.05, 0.1) is 51.3 Å². The summed E-state index contributed by atoms with van der Waals surface area (Å²) in [6.07, 6.45) is -55.0. The van der Waals surface area contributed by atoms with Gasteiger partial charge in [-0.3, -0.25) is 9.13 Å². The molecule has 1 aliphatic carbocycles. The third-order valence-corrected chi connectivity index (χ3v) is 16.4. The minimum atomic E-state index is -5.20. The van der Waals surface area contributed by atoms with Crippen LogP contribution in [-0.2, 0) is 74.6 Å². The third-order valence-electron chi connectivity index (χ3n) is 14.4. The van der Waals surface area contributed by atoms with E-state index in [0.717, 1.165) is 0 Å². The number of ether oxygens (including phenoxy) is 10. The molecular weight excluding hydrogens is 1100 g/mol. The van der Waals surface area contributed by atoms with Gasteiger partial charge in [-0.2, -0.15) is 0 Å². The topological polar surface area (TPSA) is 557 Å². The van der Waals surface area contributed by atoms with Crippen LogP contribution >= 0.6 is 15.6 Å². The fourth-order valence-electron chi connectivity index (χ4n) is 9.77. The number of hydrogen-bond acceptors (Lipinski definition) is 34. The largest absolute Gasteiger partial charge is 0.756 e. The van der Waals surface area contributed by atoms with E-state index < -0.39 is 252 Å². The normalized spacial score (nSPS) is 52.5. The lowest BCUT2D eigenvalue weighted by Crippen LogP contribution is -2.67. The van der Waals surface area contributed by atoms with Gasteiger partial charge < -0.3 is 163 Å². The summed E-state index contributed by atoms with van der Waals surface area (Å²) in [5, 5.41) is 173. The Labute approximate surface area is 436 Å². The van der Waals surface area contributed by atoms with Gasteiger partial charge in [0.15, 0.2) is 31.5 Å². The molecule has 450 valence electrons. The zero-order chi connectivity index (χ0) is 56.7. The van der Waals surface area contributed by atoms with Gasteiger partial charge in [0.1, 0.15) is 128 Å². The Morgan fingerprint density at radius 1 is 0.468 bits per heavy atom. The van der Waals surface area contributed by atoms with Gasteiger partial charge in [0.25, 0.3) is 15.6 Å². The Balaban J connectivity index is 1.08. The van der Waals surface area contributed by atoms with E-state index in [-0.39, 0.29) is 0 Å². The fraction of sp³-hybridized carbons (Fsp3) is 1.00. The van der Waals surface area contributed by atoms with Gasteiger partial charge in [0, 0.05) is 18.4 Å². The maximum Gasteiger partial charge on any atom is 0.268 e. The summed E-state index contributed by atoms with van der Waals surface area (Å²) < 4.78 is 101. The summed E-state index contributed by atoms with van der Waals surface area (Å²) in [5.41, 5.74) is 7.14. The number of aliphatic hydroxyl groups is 16. The Kier molecular flexibility index (Phi) is 21.8. The molecule has 7 fully saturated rings. The highest BCUT2D eigenvalue weighted by molar-refractivity contribution is 7.46. The van der Waals surface area contributed by atoms with Crippen molar-refractivity contribution in [1.82, 2.24) is 0 Å². The molecule has 33 atom stereocenters. The van der Waals surface area contributed by atoms with Crippen molar-refractivity contribution in [1.29, 1.82) is 0 Å². The molecule has 0 aromatic carbocycles. The van der Waals surface area contributed by atoms with Crippen LogP contribution in [0.25, 0.3) is 5.73 Å². The summed E-state index contributed by atoms with van der Waals surface area (Å²) in [4.78, 5) is 24.6. The smallest absolute Gasteiger partial charge is 0.268 e. The first kappa shape index (κ1) is 63.7. The summed E-state index contributed by atoms with van der Waals surface area (Å²) in [5.74, 6) is -2.21. The monoisotopic (exact) mass is 1170 g/mol. The van der Waals surface area contributed by atoms with E-state index in [2.05, 4.69) is 4.52 Å². The zero-order valence-electron chi connectivity index (χ0n) is 40.7. The second-order valence-electron chi connectivity index (χ2n) is 19.5. The Morgan fingerprint density at radius 3 is 1.48 bits per heavy atom. The summed E-state index contributed by atoms with van der Waals surface area (Å²) in [7, 11) is -10.2. The van der Waals surface area contributed by atoms with E-state index in [0.29, 0.717) is 0 Å². The molecule has 1 saturated carbocycles. The second kappa shape index (κ2) is 26.4. The number of aliphatic hydroxyl groups excluding tert-OH is 16.